The minimum atomic E-state index is -0.233. The second kappa shape index (κ2) is 5.63. The number of anilines is 2. The van der Waals surface area contributed by atoms with Gasteiger partial charge >= 0.3 is 0 Å². The molecule has 0 heterocycles. The van der Waals surface area contributed by atoms with Crippen LogP contribution in [0.2, 0.25) is 5.02 Å². The second-order valence-corrected chi connectivity index (χ2v) is 5.33. The lowest BCUT2D eigenvalue weighted by Gasteiger charge is -2.10. The van der Waals surface area contributed by atoms with Crippen LogP contribution >= 0.6 is 27.5 Å². The maximum atomic E-state index is 12.2. The second-order valence-electron chi connectivity index (χ2n) is 4.13. The molecule has 2 rings (SSSR count). The molecule has 19 heavy (non-hydrogen) atoms. The summed E-state index contributed by atoms with van der Waals surface area (Å²) in [6.07, 6.45) is 0. The molecule has 0 aliphatic heterocycles. The van der Waals surface area contributed by atoms with Gasteiger partial charge in [0.15, 0.2) is 0 Å². The molecule has 2 aromatic rings. The van der Waals surface area contributed by atoms with Gasteiger partial charge < -0.3 is 11.1 Å². The summed E-state index contributed by atoms with van der Waals surface area (Å²) in [7, 11) is 0. The Morgan fingerprint density at radius 1 is 1.32 bits per heavy atom. The molecule has 98 valence electrons. The van der Waals surface area contributed by atoms with E-state index >= 15 is 0 Å². The van der Waals surface area contributed by atoms with Gasteiger partial charge in [0.1, 0.15) is 0 Å². The smallest absolute Gasteiger partial charge is 0.256 e. The summed E-state index contributed by atoms with van der Waals surface area (Å²) in [4.78, 5) is 12.2. The Balaban J connectivity index is 2.31. The Labute approximate surface area is 124 Å². The standard InChI is InChI=1S/C14H12BrClN2O/c1-8-3-2-4-10(13(8)15)14(19)18-12-7-9(17)5-6-11(12)16/h2-7H,17H2,1H3,(H,18,19). The van der Waals surface area contributed by atoms with Gasteiger partial charge in [-0.25, -0.2) is 0 Å². The molecule has 0 aliphatic rings. The van der Waals surface area contributed by atoms with Crippen LogP contribution in [-0.4, -0.2) is 5.91 Å². The van der Waals surface area contributed by atoms with Gasteiger partial charge in [0.05, 0.1) is 16.3 Å². The highest BCUT2D eigenvalue weighted by atomic mass is 79.9. The molecule has 0 unspecified atom stereocenters. The predicted molar refractivity (Wildman–Crippen MR) is 82.7 cm³/mol. The zero-order valence-electron chi connectivity index (χ0n) is 10.2. The van der Waals surface area contributed by atoms with Crippen molar-refractivity contribution in [1.29, 1.82) is 0 Å². The molecule has 0 aliphatic carbocycles. The number of benzene rings is 2. The number of nitrogen functional groups attached to an aromatic ring is 1. The molecule has 2 aromatic carbocycles. The Bertz CT molecular complexity index is 643. The molecule has 0 fully saturated rings. The molecular weight excluding hydrogens is 328 g/mol. The van der Waals surface area contributed by atoms with Crippen LogP contribution in [0.4, 0.5) is 11.4 Å². The first-order valence-corrected chi connectivity index (χ1v) is 6.77. The van der Waals surface area contributed by atoms with E-state index < -0.39 is 0 Å². The van der Waals surface area contributed by atoms with E-state index in [4.69, 9.17) is 17.3 Å². The van der Waals surface area contributed by atoms with Gasteiger partial charge in [-0.2, -0.15) is 0 Å². The van der Waals surface area contributed by atoms with Crippen LogP contribution in [0.15, 0.2) is 40.9 Å². The van der Waals surface area contributed by atoms with Crippen molar-refractivity contribution in [2.75, 3.05) is 11.1 Å². The van der Waals surface area contributed by atoms with Gasteiger partial charge in [0.2, 0.25) is 0 Å². The molecule has 0 atom stereocenters. The average Bonchev–Trinajstić information content (AvgIpc) is 2.37. The predicted octanol–water partition coefficient (Wildman–Crippen LogP) is 4.25. The normalized spacial score (nSPS) is 10.3. The van der Waals surface area contributed by atoms with Crippen LogP contribution in [-0.2, 0) is 0 Å². The summed E-state index contributed by atoms with van der Waals surface area (Å²) in [5.74, 6) is -0.233. The molecular formula is C14H12BrClN2O. The molecule has 0 saturated heterocycles. The van der Waals surface area contributed by atoms with E-state index in [9.17, 15) is 4.79 Å². The minimum Gasteiger partial charge on any atom is -0.399 e. The zero-order chi connectivity index (χ0) is 14.0. The van der Waals surface area contributed by atoms with Crippen molar-refractivity contribution in [3.05, 3.63) is 57.0 Å². The molecule has 5 heteroatoms. The third-order valence-corrected chi connectivity index (χ3v) is 4.06. The fourth-order valence-electron chi connectivity index (χ4n) is 1.65. The van der Waals surface area contributed by atoms with Crippen molar-refractivity contribution < 1.29 is 4.79 Å². The number of carbonyl (C=O) groups excluding carboxylic acids is 1. The topological polar surface area (TPSA) is 55.1 Å². The number of nitrogens with one attached hydrogen (secondary N) is 1. The third kappa shape index (κ3) is 3.08. The van der Waals surface area contributed by atoms with Gasteiger partial charge in [-0.1, -0.05) is 23.7 Å². The number of halogens is 2. The highest BCUT2D eigenvalue weighted by Crippen LogP contribution is 2.26. The lowest BCUT2D eigenvalue weighted by Crippen LogP contribution is -2.13. The van der Waals surface area contributed by atoms with Gasteiger partial charge in [-0.15, -0.1) is 0 Å². The van der Waals surface area contributed by atoms with Crippen molar-refractivity contribution in [2.45, 2.75) is 6.92 Å². The van der Waals surface area contributed by atoms with Crippen LogP contribution in [0.3, 0.4) is 0 Å². The first-order valence-electron chi connectivity index (χ1n) is 5.60. The molecule has 0 bridgehead atoms. The van der Waals surface area contributed by atoms with Crippen LogP contribution in [0.1, 0.15) is 15.9 Å². The Morgan fingerprint density at radius 2 is 2.05 bits per heavy atom. The maximum Gasteiger partial charge on any atom is 0.256 e. The van der Waals surface area contributed by atoms with Crippen LogP contribution in [0, 0.1) is 6.92 Å². The molecule has 3 nitrogen and oxygen atoms in total. The Hall–Kier alpha value is -1.52. The Morgan fingerprint density at radius 3 is 2.79 bits per heavy atom. The summed E-state index contributed by atoms with van der Waals surface area (Å²) >= 11 is 9.43. The van der Waals surface area contributed by atoms with Crippen molar-refractivity contribution >= 4 is 44.8 Å². The number of nitrogens with two attached hydrogens (primary N) is 1. The lowest BCUT2D eigenvalue weighted by atomic mass is 10.1. The summed E-state index contributed by atoms with van der Waals surface area (Å²) in [6, 6.07) is 10.5. The lowest BCUT2D eigenvalue weighted by molar-refractivity contribution is 0.102. The maximum absolute atomic E-state index is 12.2. The van der Waals surface area contributed by atoms with Crippen molar-refractivity contribution in [3.63, 3.8) is 0 Å². The zero-order valence-corrected chi connectivity index (χ0v) is 12.5. The molecule has 1 amide bonds. The number of amides is 1. The van der Waals surface area contributed by atoms with Gasteiger partial charge in [-0.3, -0.25) is 4.79 Å². The fourth-order valence-corrected chi connectivity index (χ4v) is 2.26. The first kappa shape index (κ1) is 13.9. The van der Waals surface area contributed by atoms with Crippen molar-refractivity contribution in [2.24, 2.45) is 0 Å². The minimum absolute atomic E-state index is 0.233. The Kier molecular flexibility index (Phi) is 4.12. The molecule has 0 radical (unpaired) electrons. The van der Waals surface area contributed by atoms with Crippen LogP contribution in [0.5, 0.6) is 0 Å². The van der Waals surface area contributed by atoms with E-state index in [-0.39, 0.29) is 5.91 Å². The summed E-state index contributed by atoms with van der Waals surface area (Å²) in [5.41, 5.74) is 8.27. The van der Waals surface area contributed by atoms with E-state index in [1.54, 1.807) is 24.3 Å². The summed E-state index contributed by atoms with van der Waals surface area (Å²) in [5, 5.41) is 3.20. The van der Waals surface area contributed by atoms with Gasteiger partial charge in [0, 0.05) is 10.2 Å². The third-order valence-electron chi connectivity index (χ3n) is 2.68. The quantitative estimate of drug-likeness (QED) is 0.804. The molecule has 0 saturated carbocycles. The number of aryl methyl sites for hydroxylation is 1. The summed E-state index contributed by atoms with van der Waals surface area (Å²) < 4.78 is 0.771. The largest absolute Gasteiger partial charge is 0.399 e. The van der Waals surface area contributed by atoms with Crippen molar-refractivity contribution in [3.8, 4) is 0 Å². The first-order chi connectivity index (χ1) is 8.99. The van der Waals surface area contributed by atoms with E-state index in [1.807, 2.05) is 19.1 Å². The highest BCUT2D eigenvalue weighted by Gasteiger charge is 2.13. The van der Waals surface area contributed by atoms with Crippen molar-refractivity contribution in [1.82, 2.24) is 0 Å². The fraction of sp³-hybridized carbons (Fsp3) is 0.0714. The molecule has 0 aromatic heterocycles. The van der Waals surface area contributed by atoms with E-state index in [1.165, 1.54) is 0 Å². The average molecular weight is 340 g/mol. The highest BCUT2D eigenvalue weighted by molar-refractivity contribution is 9.10. The van der Waals surface area contributed by atoms with E-state index in [0.29, 0.717) is 22.0 Å². The van der Waals surface area contributed by atoms with E-state index in [2.05, 4.69) is 21.2 Å². The van der Waals surface area contributed by atoms with Crippen LogP contribution < -0.4 is 11.1 Å². The SMILES string of the molecule is Cc1cccc(C(=O)Nc2cc(N)ccc2Cl)c1Br. The molecule has 3 N–H and O–H groups in total. The monoisotopic (exact) mass is 338 g/mol. The number of rotatable bonds is 2. The number of hydrogen-bond acceptors (Lipinski definition) is 2. The van der Waals surface area contributed by atoms with Gasteiger partial charge in [0.25, 0.3) is 5.91 Å². The number of carbonyl (C=O) groups is 1. The molecule has 0 spiro atoms. The number of hydrogen-bond donors (Lipinski definition) is 2. The van der Waals surface area contributed by atoms with Gasteiger partial charge in [-0.05, 0) is 52.7 Å². The van der Waals surface area contributed by atoms with Crippen LogP contribution in [0.25, 0.3) is 0 Å². The van der Waals surface area contributed by atoms with E-state index in [0.717, 1.165) is 10.0 Å². The summed E-state index contributed by atoms with van der Waals surface area (Å²) in [6.45, 7) is 1.92.